The van der Waals surface area contributed by atoms with Crippen LogP contribution in [0.5, 0.6) is 0 Å². The summed E-state index contributed by atoms with van der Waals surface area (Å²) in [6, 6.07) is 0. The van der Waals surface area contributed by atoms with Gasteiger partial charge in [-0.3, -0.25) is 14.2 Å². The molecule has 0 fully saturated rings. The fourth-order valence-corrected chi connectivity index (χ4v) is 2.60. The topological polar surface area (TPSA) is 106 Å². The minimum absolute atomic E-state index is 0.156. The average Bonchev–Trinajstić information content (AvgIpc) is 2.88. The summed E-state index contributed by atoms with van der Waals surface area (Å²) in [5, 5.41) is 9.57. The van der Waals surface area contributed by atoms with E-state index in [1.54, 1.807) is 11.5 Å². The molecule has 1 aromatic rings. The summed E-state index contributed by atoms with van der Waals surface area (Å²) in [5.41, 5.74) is -0.254. The Balaban J connectivity index is 2.28. The quantitative estimate of drug-likeness (QED) is 0.351. The number of carbonyl (C=O) groups is 2. The first-order valence-electron chi connectivity index (χ1n) is 7.78. The number of hydrogen-bond donors (Lipinski definition) is 2. The fraction of sp³-hybridized carbons (Fsp3) is 0.714. The molecule has 0 aliphatic heterocycles. The van der Waals surface area contributed by atoms with Crippen LogP contribution in [-0.2, 0) is 20.9 Å². The number of ether oxygens (including phenoxy) is 1. The average molecular weight is 344 g/mol. The van der Waals surface area contributed by atoms with Crippen LogP contribution in [0.25, 0.3) is 0 Å². The van der Waals surface area contributed by atoms with Gasteiger partial charge in [-0.25, -0.2) is 9.89 Å². The number of thioether (sulfide) groups is 1. The minimum Gasteiger partial charge on any atom is -0.466 e. The first-order valence-corrected chi connectivity index (χ1v) is 8.77. The maximum Gasteiger partial charge on any atom is 0.343 e. The highest BCUT2D eigenvalue weighted by Gasteiger charge is 2.11. The van der Waals surface area contributed by atoms with E-state index in [0.717, 1.165) is 12.8 Å². The van der Waals surface area contributed by atoms with Crippen LogP contribution in [0.1, 0.15) is 39.5 Å². The predicted octanol–water partition coefficient (Wildman–Crippen LogP) is 0.923. The number of esters is 1. The Hall–Kier alpha value is -1.77. The van der Waals surface area contributed by atoms with Gasteiger partial charge in [-0.2, -0.15) is 0 Å². The normalized spacial score (nSPS) is 10.5. The lowest BCUT2D eigenvalue weighted by Crippen LogP contribution is -2.27. The molecule has 23 heavy (non-hydrogen) atoms. The van der Waals surface area contributed by atoms with Gasteiger partial charge in [-0.1, -0.05) is 25.1 Å². The van der Waals surface area contributed by atoms with Crippen LogP contribution in [-0.4, -0.2) is 45.5 Å². The number of aromatic amines is 1. The van der Waals surface area contributed by atoms with Crippen molar-refractivity contribution < 1.29 is 14.3 Å². The molecular weight excluding hydrogens is 320 g/mol. The third-order valence-electron chi connectivity index (χ3n) is 2.98. The summed E-state index contributed by atoms with van der Waals surface area (Å²) in [5.74, 6) is -0.237. The largest absolute Gasteiger partial charge is 0.466 e. The summed E-state index contributed by atoms with van der Waals surface area (Å²) in [6.07, 6.45) is 2.69. The SMILES string of the molecule is CCCCn1c(SCC(=O)NCCCC(=O)OCC)n[nH]c1=O. The van der Waals surface area contributed by atoms with E-state index in [2.05, 4.69) is 15.5 Å². The van der Waals surface area contributed by atoms with Gasteiger partial charge in [0.05, 0.1) is 12.4 Å². The van der Waals surface area contributed by atoms with Gasteiger partial charge in [0.1, 0.15) is 0 Å². The maximum absolute atomic E-state index is 11.7. The zero-order valence-corrected chi connectivity index (χ0v) is 14.4. The van der Waals surface area contributed by atoms with Crippen LogP contribution in [0.2, 0.25) is 0 Å². The molecule has 0 atom stereocenters. The molecular formula is C14H24N4O4S. The van der Waals surface area contributed by atoms with Crippen molar-refractivity contribution in [2.24, 2.45) is 0 Å². The monoisotopic (exact) mass is 344 g/mol. The summed E-state index contributed by atoms with van der Waals surface area (Å²) < 4.78 is 6.35. The van der Waals surface area contributed by atoms with Gasteiger partial charge in [0.2, 0.25) is 5.91 Å². The molecule has 0 unspecified atom stereocenters. The number of carbonyl (C=O) groups excluding carboxylic acids is 2. The van der Waals surface area contributed by atoms with E-state index in [1.807, 2.05) is 6.92 Å². The summed E-state index contributed by atoms with van der Waals surface area (Å²) in [4.78, 5) is 34.5. The highest BCUT2D eigenvalue weighted by molar-refractivity contribution is 7.99. The number of hydrogen-bond acceptors (Lipinski definition) is 6. The number of unbranched alkanes of at least 4 members (excludes halogenated alkanes) is 1. The van der Waals surface area contributed by atoms with Crippen molar-refractivity contribution in [1.29, 1.82) is 0 Å². The van der Waals surface area contributed by atoms with Crippen molar-refractivity contribution in [2.75, 3.05) is 18.9 Å². The Morgan fingerprint density at radius 1 is 1.35 bits per heavy atom. The first-order chi connectivity index (χ1) is 11.1. The minimum atomic E-state index is -0.257. The molecule has 0 aromatic carbocycles. The number of aromatic nitrogens is 3. The molecule has 1 aromatic heterocycles. The van der Waals surface area contributed by atoms with Crippen LogP contribution < -0.4 is 11.0 Å². The second-order valence-corrected chi connectivity index (χ2v) is 5.81. The van der Waals surface area contributed by atoms with Crippen molar-refractivity contribution in [3.8, 4) is 0 Å². The Morgan fingerprint density at radius 2 is 2.13 bits per heavy atom. The highest BCUT2D eigenvalue weighted by Crippen LogP contribution is 2.13. The molecule has 1 heterocycles. The molecule has 2 N–H and O–H groups in total. The zero-order chi connectivity index (χ0) is 17.1. The van der Waals surface area contributed by atoms with E-state index >= 15 is 0 Å². The molecule has 130 valence electrons. The van der Waals surface area contributed by atoms with Gasteiger partial charge in [0, 0.05) is 19.5 Å². The molecule has 8 nitrogen and oxygen atoms in total. The number of H-pyrrole nitrogens is 1. The van der Waals surface area contributed by atoms with E-state index in [1.165, 1.54) is 11.8 Å². The summed E-state index contributed by atoms with van der Waals surface area (Å²) in [7, 11) is 0. The lowest BCUT2D eigenvalue weighted by atomic mass is 10.3. The van der Waals surface area contributed by atoms with E-state index in [0.29, 0.717) is 31.3 Å². The molecule has 0 aliphatic carbocycles. The Labute approximate surface area is 139 Å². The Morgan fingerprint density at radius 3 is 2.83 bits per heavy atom. The van der Waals surface area contributed by atoms with Gasteiger partial charge >= 0.3 is 11.7 Å². The molecule has 0 aliphatic rings. The molecule has 0 radical (unpaired) electrons. The van der Waals surface area contributed by atoms with Crippen molar-refractivity contribution in [2.45, 2.75) is 51.2 Å². The van der Waals surface area contributed by atoms with Crippen LogP contribution in [0, 0.1) is 0 Å². The van der Waals surface area contributed by atoms with Gasteiger partial charge in [0.25, 0.3) is 0 Å². The molecule has 0 saturated carbocycles. The van der Waals surface area contributed by atoms with Gasteiger partial charge < -0.3 is 10.1 Å². The number of nitrogens with one attached hydrogen (secondary N) is 2. The number of nitrogens with zero attached hydrogens (tertiary/aromatic N) is 2. The van der Waals surface area contributed by atoms with Gasteiger partial charge in [0.15, 0.2) is 5.16 Å². The lowest BCUT2D eigenvalue weighted by Gasteiger charge is -2.06. The smallest absolute Gasteiger partial charge is 0.343 e. The van der Waals surface area contributed by atoms with E-state index < -0.39 is 0 Å². The van der Waals surface area contributed by atoms with E-state index in [-0.39, 0.29) is 29.7 Å². The van der Waals surface area contributed by atoms with Crippen molar-refractivity contribution in [3.63, 3.8) is 0 Å². The first kappa shape index (κ1) is 19.3. The van der Waals surface area contributed by atoms with Crippen LogP contribution in [0.4, 0.5) is 0 Å². The Bertz CT molecular complexity index is 555. The van der Waals surface area contributed by atoms with Crippen LogP contribution in [0.3, 0.4) is 0 Å². The molecule has 1 rings (SSSR count). The third-order valence-corrected chi connectivity index (χ3v) is 3.95. The third kappa shape index (κ3) is 7.36. The maximum atomic E-state index is 11.7. The fourth-order valence-electron chi connectivity index (χ4n) is 1.80. The Kier molecular flexibility index (Phi) is 9.11. The van der Waals surface area contributed by atoms with Crippen LogP contribution in [0.15, 0.2) is 9.95 Å². The van der Waals surface area contributed by atoms with Gasteiger partial charge in [-0.15, -0.1) is 5.10 Å². The zero-order valence-electron chi connectivity index (χ0n) is 13.6. The second-order valence-electron chi connectivity index (χ2n) is 4.86. The molecule has 0 spiro atoms. The standard InChI is InChI=1S/C14H24N4O4S/c1-3-5-9-18-13(21)16-17-14(18)23-10-11(19)15-8-6-7-12(20)22-4-2/h3-10H2,1-2H3,(H,15,19)(H,16,21). The van der Waals surface area contributed by atoms with Crippen LogP contribution >= 0.6 is 11.8 Å². The molecule has 0 bridgehead atoms. The lowest BCUT2D eigenvalue weighted by molar-refractivity contribution is -0.143. The molecule has 0 saturated heterocycles. The van der Waals surface area contributed by atoms with E-state index in [4.69, 9.17) is 4.74 Å². The van der Waals surface area contributed by atoms with Crippen molar-refractivity contribution in [1.82, 2.24) is 20.1 Å². The van der Waals surface area contributed by atoms with Gasteiger partial charge in [-0.05, 0) is 19.8 Å². The number of rotatable bonds is 11. The second kappa shape index (κ2) is 10.9. The van der Waals surface area contributed by atoms with E-state index in [9.17, 15) is 14.4 Å². The predicted molar refractivity (Wildman–Crippen MR) is 87.4 cm³/mol. The molecule has 1 amide bonds. The highest BCUT2D eigenvalue weighted by atomic mass is 32.2. The summed E-state index contributed by atoms with van der Waals surface area (Å²) in [6.45, 7) is 5.18. The van der Waals surface area contributed by atoms with Crippen molar-refractivity contribution >= 4 is 23.6 Å². The number of amides is 1. The molecule has 9 heteroatoms. The van der Waals surface area contributed by atoms with Crippen molar-refractivity contribution in [3.05, 3.63) is 10.5 Å². The summed E-state index contributed by atoms with van der Waals surface area (Å²) >= 11 is 1.22.